The van der Waals surface area contributed by atoms with Gasteiger partial charge in [0.2, 0.25) is 10.0 Å². The number of amides is 1. The summed E-state index contributed by atoms with van der Waals surface area (Å²) in [4.78, 5) is 29.9. The van der Waals surface area contributed by atoms with Crippen molar-refractivity contribution in [1.29, 1.82) is 0 Å². The zero-order chi connectivity index (χ0) is 27.3. The lowest BCUT2D eigenvalue weighted by Crippen LogP contribution is -2.30. The summed E-state index contributed by atoms with van der Waals surface area (Å²) in [6, 6.07) is 20.3. The first-order valence-electron chi connectivity index (χ1n) is 11.9. The van der Waals surface area contributed by atoms with E-state index in [2.05, 4.69) is 4.99 Å². The monoisotopic (exact) mass is 571 g/mol. The molecule has 0 saturated heterocycles. The number of carbonyl (C=O) groups excluding carboxylic acids is 2. The van der Waals surface area contributed by atoms with Gasteiger partial charge >= 0.3 is 5.97 Å². The second-order valence-corrected chi connectivity index (χ2v) is 11.6. The molecule has 4 aromatic rings. The van der Waals surface area contributed by atoms with E-state index >= 15 is 0 Å². The normalized spacial score (nSPS) is 12.3. The number of rotatable bonds is 9. The first-order chi connectivity index (χ1) is 18.2. The molecule has 0 N–H and O–H groups in total. The third-order valence-corrected chi connectivity index (χ3v) is 9.02. The van der Waals surface area contributed by atoms with Crippen LogP contribution in [0.15, 0.2) is 82.7 Å². The Morgan fingerprint density at radius 3 is 2.37 bits per heavy atom. The number of para-hydroxylation sites is 1. The minimum Gasteiger partial charge on any atom is -0.465 e. The van der Waals surface area contributed by atoms with Crippen LogP contribution in [0.3, 0.4) is 0 Å². The Labute approximate surface area is 229 Å². The fraction of sp³-hybridized carbons (Fsp3) is 0.222. The van der Waals surface area contributed by atoms with Gasteiger partial charge in [-0.15, -0.1) is 0 Å². The number of ether oxygens (including phenoxy) is 1. The van der Waals surface area contributed by atoms with Gasteiger partial charge in [0.05, 0.1) is 26.7 Å². The van der Waals surface area contributed by atoms with E-state index in [1.165, 1.54) is 39.9 Å². The molecule has 11 heteroatoms. The predicted octanol–water partition coefficient (Wildman–Crippen LogP) is 4.87. The maximum absolute atomic E-state index is 13.2. The number of hydrogen-bond donors (Lipinski definition) is 0. The van der Waals surface area contributed by atoms with Gasteiger partial charge in [-0.05, 0) is 48.9 Å². The van der Waals surface area contributed by atoms with Crippen molar-refractivity contribution in [3.63, 3.8) is 0 Å². The summed E-state index contributed by atoms with van der Waals surface area (Å²) in [6.45, 7) is 4.08. The highest BCUT2D eigenvalue weighted by atomic mass is 35.5. The molecule has 0 unspecified atom stereocenters. The molecule has 198 valence electrons. The molecule has 1 amide bonds. The molecule has 1 aromatic heterocycles. The van der Waals surface area contributed by atoms with Crippen molar-refractivity contribution in [1.82, 2.24) is 8.87 Å². The Balaban J connectivity index is 1.64. The van der Waals surface area contributed by atoms with E-state index in [0.29, 0.717) is 17.1 Å². The van der Waals surface area contributed by atoms with Crippen molar-refractivity contribution >= 4 is 55.1 Å². The smallest absolute Gasteiger partial charge is 0.326 e. The average molecular weight is 572 g/mol. The molecule has 4 rings (SSSR count). The van der Waals surface area contributed by atoms with Gasteiger partial charge in [0.15, 0.2) is 4.80 Å². The summed E-state index contributed by atoms with van der Waals surface area (Å²) in [5.41, 5.74) is 1.67. The molecular weight excluding hydrogens is 546 g/mol. The third-order valence-electron chi connectivity index (χ3n) is 5.74. The topological polar surface area (TPSA) is 98.0 Å². The molecule has 3 aromatic carbocycles. The molecule has 0 bridgehead atoms. The average Bonchev–Trinajstić information content (AvgIpc) is 3.25. The number of nitrogens with zero attached hydrogens (tertiary/aromatic N) is 3. The van der Waals surface area contributed by atoms with Crippen molar-refractivity contribution in [3.8, 4) is 0 Å². The van der Waals surface area contributed by atoms with Crippen LogP contribution in [-0.2, 0) is 32.6 Å². The molecule has 0 atom stereocenters. The number of sulfonamides is 1. The van der Waals surface area contributed by atoms with Crippen LogP contribution in [0.5, 0.6) is 0 Å². The predicted molar refractivity (Wildman–Crippen MR) is 148 cm³/mol. The lowest BCUT2D eigenvalue weighted by molar-refractivity contribution is -0.143. The van der Waals surface area contributed by atoms with Crippen molar-refractivity contribution in [2.45, 2.75) is 31.8 Å². The third kappa shape index (κ3) is 6.05. The number of carbonyl (C=O) groups is 2. The van der Waals surface area contributed by atoms with Gasteiger partial charge in [0.25, 0.3) is 5.91 Å². The number of benzene rings is 3. The first-order valence-corrected chi connectivity index (χ1v) is 14.5. The highest BCUT2D eigenvalue weighted by molar-refractivity contribution is 7.89. The number of halogens is 1. The van der Waals surface area contributed by atoms with Gasteiger partial charge in [-0.2, -0.15) is 9.30 Å². The molecule has 8 nitrogen and oxygen atoms in total. The van der Waals surface area contributed by atoms with Crippen molar-refractivity contribution in [2.24, 2.45) is 4.99 Å². The van der Waals surface area contributed by atoms with Crippen LogP contribution in [0.2, 0.25) is 5.02 Å². The molecule has 1 heterocycles. The summed E-state index contributed by atoms with van der Waals surface area (Å²) < 4.78 is 35.2. The maximum atomic E-state index is 13.2. The molecule has 0 saturated carbocycles. The second-order valence-electron chi connectivity index (χ2n) is 8.22. The lowest BCUT2D eigenvalue weighted by atomic mass is 10.2. The zero-order valence-corrected chi connectivity index (χ0v) is 23.2. The van der Waals surface area contributed by atoms with Gasteiger partial charge in [-0.3, -0.25) is 9.59 Å². The fourth-order valence-corrected chi connectivity index (χ4v) is 6.70. The summed E-state index contributed by atoms with van der Waals surface area (Å²) in [7, 11) is -3.78. The van der Waals surface area contributed by atoms with Gasteiger partial charge in [-0.1, -0.05) is 66.3 Å². The largest absolute Gasteiger partial charge is 0.465 e. The van der Waals surface area contributed by atoms with E-state index < -0.39 is 21.9 Å². The van der Waals surface area contributed by atoms with E-state index in [1.807, 2.05) is 36.4 Å². The van der Waals surface area contributed by atoms with Crippen LogP contribution < -0.4 is 4.80 Å². The fourth-order valence-electron chi connectivity index (χ4n) is 3.88. The Bertz CT molecular complexity index is 1630. The van der Waals surface area contributed by atoms with Crippen LogP contribution in [0.1, 0.15) is 29.8 Å². The Morgan fingerprint density at radius 2 is 1.71 bits per heavy atom. The Hall–Kier alpha value is -3.31. The minimum atomic E-state index is -3.78. The number of esters is 1. The van der Waals surface area contributed by atoms with Crippen LogP contribution >= 0.6 is 22.9 Å². The van der Waals surface area contributed by atoms with Gasteiger partial charge in [0, 0.05) is 18.7 Å². The SMILES string of the molecule is CCOC(=O)Cn1c(=NC(=O)c2ccc(S(=O)(=O)N(CC)Cc3ccccc3)cc2)sc2cccc(Cl)c21. The summed E-state index contributed by atoms with van der Waals surface area (Å²) in [5.74, 6) is -1.06. The molecule has 0 aliphatic heterocycles. The van der Waals surface area contributed by atoms with E-state index in [4.69, 9.17) is 16.3 Å². The lowest BCUT2D eigenvalue weighted by Gasteiger charge is -2.20. The summed E-state index contributed by atoms with van der Waals surface area (Å²) in [5, 5.41) is 0.419. The number of hydrogen-bond acceptors (Lipinski definition) is 6. The molecule has 38 heavy (non-hydrogen) atoms. The maximum Gasteiger partial charge on any atom is 0.326 e. The summed E-state index contributed by atoms with van der Waals surface area (Å²) >= 11 is 7.60. The molecule has 0 aliphatic rings. The van der Waals surface area contributed by atoms with Crippen LogP contribution in [0.25, 0.3) is 10.2 Å². The van der Waals surface area contributed by atoms with E-state index in [1.54, 1.807) is 30.5 Å². The van der Waals surface area contributed by atoms with Gasteiger partial charge in [-0.25, -0.2) is 8.42 Å². The highest BCUT2D eigenvalue weighted by Crippen LogP contribution is 2.25. The Kier molecular flexibility index (Phi) is 8.78. The molecule has 0 radical (unpaired) electrons. The summed E-state index contributed by atoms with van der Waals surface area (Å²) in [6.07, 6.45) is 0. The van der Waals surface area contributed by atoms with Crippen molar-refractivity contribution in [3.05, 3.63) is 93.7 Å². The van der Waals surface area contributed by atoms with Gasteiger partial charge < -0.3 is 9.30 Å². The zero-order valence-electron chi connectivity index (χ0n) is 20.8. The van der Waals surface area contributed by atoms with E-state index in [-0.39, 0.29) is 35.0 Å². The van der Waals surface area contributed by atoms with Crippen LogP contribution in [-0.4, -0.2) is 42.3 Å². The standard InChI is InChI=1S/C27H26ClN3O5S2/c1-3-30(17-19-9-6-5-7-10-19)38(34,35)21-15-13-20(14-16-21)26(33)29-27-31(18-24(32)36-4-2)25-22(28)11-8-12-23(25)37-27/h5-16H,3-4,17-18H2,1-2H3. The Morgan fingerprint density at radius 1 is 1.00 bits per heavy atom. The quantitative estimate of drug-likeness (QED) is 0.267. The number of aromatic nitrogens is 1. The van der Waals surface area contributed by atoms with Crippen molar-refractivity contribution < 1.29 is 22.7 Å². The number of fused-ring (bicyclic) bond motifs is 1. The van der Waals surface area contributed by atoms with Crippen LogP contribution in [0.4, 0.5) is 0 Å². The van der Waals surface area contributed by atoms with Gasteiger partial charge in [0.1, 0.15) is 6.54 Å². The number of thiazole rings is 1. The van der Waals surface area contributed by atoms with E-state index in [9.17, 15) is 18.0 Å². The van der Waals surface area contributed by atoms with Crippen molar-refractivity contribution in [2.75, 3.05) is 13.2 Å². The first kappa shape index (κ1) is 27.7. The molecule has 0 fully saturated rings. The molecular formula is C27H26ClN3O5S2. The second kappa shape index (κ2) is 12.0. The molecule has 0 spiro atoms. The minimum absolute atomic E-state index is 0.0813. The molecule has 0 aliphatic carbocycles. The van der Waals surface area contributed by atoms with E-state index in [0.717, 1.165) is 10.3 Å². The van der Waals surface area contributed by atoms with Crippen LogP contribution in [0, 0.1) is 0 Å². The highest BCUT2D eigenvalue weighted by Gasteiger charge is 2.23.